The molecule has 0 aliphatic carbocycles. The Kier molecular flexibility index (Phi) is 11.7. The topological polar surface area (TPSA) is 234 Å². The van der Waals surface area contributed by atoms with Gasteiger partial charge in [-0.25, -0.2) is 34.3 Å². The van der Waals surface area contributed by atoms with Crippen molar-refractivity contribution in [2.75, 3.05) is 82.8 Å². The van der Waals surface area contributed by atoms with Crippen LogP contribution in [0.2, 0.25) is 0 Å². The Hall–Kier alpha value is -6.44. The summed E-state index contributed by atoms with van der Waals surface area (Å²) in [5, 5.41) is 17.7. The van der Waals surface area contributed by atoms with Crippen LogP contribution in [-0.2, 0) is 9.47 Å². The van der Waals surface area contributed by atoms with Crippen molar-refractivity contribution in [1.29, 1.82) is 0 Å². The molecular formula is C40H46N12O7. The lowest BCUT2D eigenvalue weighted by Gasteiger charge is -2.35. The molecule has 0 saturated carbocycles. The average Bonchev–Trinajstić information content (AvgIpc) is 4.09. The van der Waals surface area contributed by atoms with E-state index in [-0.39, 0.29) is 41.8 Å². The monoisotopic (exact) mass is 806 g/mol. The van der Waals surface area contributed by atoms with Crippen molar-refractivity contribution < 1.29 is 33.8 Å². The van der Waals surface area contributed by atoms with Crippen LogP contribution >= 0.6 is 0 Å². The number of urea groups is 2. The van der Waals surface area contributed by atoms with E-state index < -0.39 is 5.97 Å². The highest BCUT2D eigenvalue weighted by Gasteiger charge is 2.42. The third-order valence-corrected chi connectivity index (χ3v) is 10.8. The van der Waals surface area contributed by atoms with E-state index in [4.69, 9.17) is 15.2 Å². The van der Waals surface area contributed by atoms with Crippen LogP contribution in [0.1, 0.15) is 46.7 Å². The van der Waals surface area contributed by atoms with Crippen molar-refractivity contribution in [2.24, 2.45) is 5.73 Å². The maximum atomic E-state index is 13.1. The lowest BCUT2D eigenvalue weighted by molar-refractivity contribution is 0.0690. The van der Waals surface area contributed by atoms with Crippen molar-refractivity contribution in [1.82, 2.24) is 25.3 Å². The molecule has 4 aromatic rings. The van der Waals surface area contributed by atoms with Crippen molar-refractivity contribution in [3.05, 3.63) is 84.4 Å². The summed E-state index contributed by atoms with van der Waals surface area (Å²) in [4.78, 5) is 74.4. The van der Waals surface area contributed by atoms with Gasteiger partial charge in [-0.05, 0) is 74.2 Å². The van der Waals surface area contributed by atoms with E-state index in [9.17, 15) is 24.3 Å². The average molecular weight is 807 g/mol. The summed E-state index contributed by atoms with van der Waals surface area (Å²) in [6.07, 6.45) is 6.73. The molecule has 4 atom stereocenters. The molecule has 2 unspecified atom stereocenters. The van der Waals surface area contributed by atoms with Gasteiger partial charge in [0.1, 0.15) is 17.3 Å². The number of fused-ring (bicyclic) bond motifs is 8. The zero-order chi connectivity index (χ0) is 40.9. The first-order valence-electron chi connectivity index (χ1n) is 19.7. The fourth-order valence-electron chi connectivity index (χ4n) is 7.86. The minimum absolute atomic E-state index is 0.00354. The lowest BCUT2D eigenvalue weighted by atomic mass is 10.1. The van der Waals surface area contributed by atoms with Gasteiger partial charge < -0.3 is 35.4 Å². The first-order chi connectivity index (χ1) is 28.7. The largest absolute Gasteiger partial charge is 0.477 e. The molecule has 6 aliphatic rings. The molecule has 4 aromatic heterocycles. The van der Waals surface area contributed by atoms with E-state index in [1.54, 1.807) is 64.7 Å². The predicted octanol–water partition coefficient (Wildman–Crippen LogP) is 3.17. The molecule has 19 nitrogen and oxygen atoms in total. The zero-order valence-corrected chi connectivity index (χ0v) is 32.3. The second-order valence-electron chi connectivity index (χ2n) is 14.8. The quantitative estimate of drug-likeness (QED) is 0.195. The Morgan fingerprint density at radius 3 is 1.68 bits per heavy atom. The van der Waals surface area contributed by atoms with Crippen molar-refractivity contribution in [2.45, 2.75) is 49.9 Å². The van der Waals surface area contributed by atoms with E-state index in [0.29, 0.717) is 48.2 Å². The molecule has 10 heterocycles. The third-order valence-electron chi connectivity index (χ3n) is 10.8. The fraction of sp³-hybridized carbons (Fsp3) is 0.400. The van der Waals surface area contributed by atoms with E-state index in [1.165, 1.54) is 6.07 Å². The van der Waals surface area contributed by atoms with Crippen LogP contribution in [0.25, 0.3) is 0 Å². The summed E-state index contributed by atoms with van der Waals surface area (Å²) in [6.45, 7) is 5.95. The Balaban J connectivity index is 0.000000146. The number of nitrogens with two attached hydrogens (primary N) is 1. The predicted molar refractivity (Wildman–Crippen MR) is 218 cm³/mol. The van der Waals surface area contributed by atoms with E-state index in [2.05, 4.69) is 45.7 Å². The SMILES string of the molecule is NC1CCOC1.O=C(NC1CCOC1)c1ccc2c(n1)N(C(=O)Nc1ccccn1)[C@H]1CCN2C1.O=C(O)c1ccc2c(n1)N(C(=O)Nc1ccccn1)[C@H]1CCN2C1. The fourth-order valence-corrected chi connectivity index (χ4v) is 7.86. The van der Waals surface area contributed by atoms with Crippen molar-refractivity contribution in [3.8, 4) is 0 Å². The number of carboxylic acids is 1. The summed E-state index contributed by atoms with van der Waals surface area (Å²) >= 11 is 0. The molecule has 6 aliphatic heterocycles. The van der Waals surface area contributed by atoms with E-state index in [1.807, 2.05) is 12.1 Å². The minimum atomic E-state index is -1.11. The molecule has 59 heavy (non-hydrogen) atoms. The van der Waals surface area contributed by atoms with Gasteiger partial charge in [0.25, 0.3) is 5.91 Å². The van der Waals surface area contributed by atoms with Gasteiger partial charge in [0.15, 0.2) is 17.3 Å². The summed E-state index contributed by atoms with van der Waals surface area (Å²) in [6, 6.07) is 17.1. The third kappa shape index (κ3) is 8.86. The second kappa shape index (κ2) is 17.6. The van der Waals surface area contributed by atoms with Crippen LogP contribution < -0.4 is 41.3 Å². The van der Waals surface area contributed by atoms with Crippen LogP contribution in [-0.4, -0.2) is 126 Å². The summed E-state index contributed by atoms with van der Waals surface area (Å²) < 4.78 is 10.2. The van der Waals surface area contributed by atoms with Crippen LogP contribution in [0.15, 0.2) is 73.1 Å². The first-order valence-corrected chi connectivity index (χ1v) is 19.7. The number of aromatic carboxylic acids is 1. The molecule has 0 aromatic carbocycles. The van der Waals surface area contributed by atoms with Gasteiger partial charge >= 0.3 is 18.0 Å². The highest BCUT2D eigenvalue weighted by molar-refractivity contribution is 6.06. The van der Waals surface area contributed by atoms with Gasteiger partial charge in [-0.2, -0.15) is 0 Å². The van der Waals surface area contributed by atoms with Crippen LogP contribution in [0.5, 0.6) is 0 Å². The number of carboxylic acid groups (broad SMARTS) is 1. The number of aromatic nitrogens is 4. The normalized spacial score (nSPS) is 21.9. The lowest BCUT2D eigenvalue weighted by Crippen LogP contribution is -2.48. The van der Waals surface area contributed by atoms with Crippen LogP contribution in [0.4, 0.5) is 44.2 Å². The summed E-state index contributed by atoms with van der Waals surface area (Å²) in [5.74, 6) is 0.463. The van der Waals surface area contributed by atoms with Crippen molar-refractivity contribution >= 4 is 58.6 Å². The number of carbonyl (C=O) groups is 4. The second-order valence-corrected chi connectivity index (χ2v) is 14.8. The molecule has 308 valence electrons. The summed E-state index contributed by atoms with van der Waals surface area (Å²) in [7, 11) is 0. The van der Waals surface area contributed by atoms with E-state index >= 15 is 0 Å². The van der Waals surface area contributed by atoms with Crippen LogP contribution in [0.3, 0.4) is 0 Å². The Bertz CT molecular complexity index is 2150. The molecule has 5 amide bonds. The standard InChI is InChI=1S/C20H22N6O3.C16H15N5O3.C4H9NO/c27-19(22-13-7-10-29-12-13)15-4-5-16-18(23-15)26(14-6-9-25(16)11-14)20(28)24-17-3-1-2-8-21-17;22-15(23)11-4-5-12-14(18-11)21(10-6-8-20(12)9-10)16(24)19-13-3-1-2-7-17-13;5-4-1-2-6-3-4/h1-5,8,13-14H,6-7,9-12H2,(H,22,27)(H,21,24,28);1-5,7,10H,6,8-9H2,(H,22,23)(H,17,19,24);4H,1-3,5H2/t13?,14-;10-;/m00./s1. The number of hydrogen-bond acceptors (Lipinski definition) is 13. The zero-order valence-electron chi connectivity index (χ0n) is 32.3. The number of anilines is 6. The molecule has 4 fully saturated rings. The molecular weight excluding hydrogens is 761 g/mol. The van der Waals surface area contributed by atoms with Gasteiger partial charge in [0.2, 0.25) is 0 Å². The number of rotatable bonds is 5. The maximum absolute atomic E-state index is 13.1. The molecule has 10 rings (SSSR count). The number of carbonyl (C=O) groups excluding carboxylic acids is 3. The van der Waals surface area contributed by atoms with Gasteiger partial charge in [-0.15, -0.1) is 0 Å². The number of hydrogen-bond donors (Lipinski definition) is 5. The molecule has 6 N–H and O–H groups in total. The molecule has 4 bridgehead atoms. The van der Waals surface area contributed by atoms with Gasteiger partial charge in [-0.3, -0.25) is 25.2 Å². The first kappa shape index (κ1) is 39.4. The van der Waals surface area contributed by atoms with Crippen LogP contribution in [0, 0.1) is 0 Å². The number of ether oxygens (including phenoxy) is 2. The number of amides is 5. The molecule has 0 radical (unpaired) electrons. The Labute approximate surface area is 339 Å². The molecule has 4 saturated heterocycles. The van der Waals surface area contributed by atoms with Gasteiger partial charge in [0, 0.05) is 57.8 Å². The van der Waals surface area contributed by atoms with Gasteiger partial charge in [0.05, 0.1) is 42.7 Å². The number of nitrogens with one attached hydrogen (secondary N) is 3. The molecule has 19 heteroatoms. The van der Waals surface area contributed by atoms with E-state index in [0.717, 1.165) is 76.5 Å². The Morgan fingerprint density at radius 2 is 1.22 bits per heavy atom. The number of pyridine rings is 4. The highest BCUT2D eigenvalue weighted by atomic mass is 16.5. The van der Waals surface area contributed by atoms with Gasteiger partial charge in [-0.1, -0.05) is 12.1 Å². The van der Waals surface area contributed by atoms with Crippen molar-refractivity contribution in [3.63, 3.8) is 0 Å². The highest BCUT2D eigenvalue weighted by Crippen LogP contribution is 2.40. The maximum Gasteiger partial charge on any atom is 0.354 e. The summed E-state index contributed by atoms with van der Waals surface area (Å²) in [5.41, 5.74) is 7.29. The Morgan fingerprint density at radius 1 is 0.678 bits per heavy atom. The smallest absolute Gasteiger partial charge is 0.354 e. The minimum Gasteiger partial charge on any atom is -0.477 e. The number of nitrogens with zero attached hydrogens (tertiary/aromatic N) is 8. The molecule has 0 spiro atoms.